The SMILES string of the molecule is O=C(CCCCC(=O)NN=Cc1c(O)n(-c2ccccn2)c(=O)c2ccccc12)NN=Cc1c(O)n(-c2ccccn2)c(=O)c2ccccc12. The Morgan fingerprint density at radius 3 is 1.36 bits per heavy atom. The van der Waals surface area contributed by atoms with E-state index in [1.165, 1.54) is 24.8 Å². The van der Waals surface area contributed by atoms with E-state index in [2.05, 4.69) is 31.0 Å². The molecule has 0 atom stereocenters. The molecule has 6 aromatic rings. The van der Waals surface area contributed by atoms with Crippen LogP contribution in [-0.4, -0.2) is 53.6 Å². The average molecular weight is 671 g/mol. The van der Waals surface area contributed by atoms with Crippen LogP contribution in [-0.2, 0) is 9.59 Å². The molecule has 50 heavy (non-hydrogen) atoms. The van der Waals surface area contributed by atoms with Gasteiger partial charge in [-0.2, -0.15) is 10.2 Å². The largest absolute Gasteiger partial charge is 0.494 e. The van der Waals surface area contributed by atoms with Crippen LogP contribution in [0.2, 0.25) is 0 Å². The van der Waals surface area contributed by atoms with Crippen LogP contribution in [0.5, 0.6) is 11.8 Å². The number of amides is 2. The Kier molecular flexibility index (Phi) is 9.79. The Labute approximate surface area is 283 Å². The Bertz CT molecular complexity index is 2220. The van der Waals surface area contributed by atoms with Gasteiger partial charge in [-0.3, -0.25) is 19.2 Å². The molecule has 0 aliphatic rings. The summed E-state index contributed by atoms with van der Waals surface area (Å²) in [5, 5.41) is 31.6. The van der Waals surface area contributed by atoms with E-state index in [1.54, 1.807) is 84.9 Å². The number of aromatic hydroxyl groups is 2. The van der Waals surface area contributed by atoms with Crippen molar-refractivity contribution in [1.82, 2.24) is 30.0 Å². The molecule has 2 aromatic carbocycles. The van der Waals surface area contributed by atoms with Gasteiger partial charge in [0.15, 0.2) is 0 Å². The van der Waals surface area contributed by atoms with Crippen LogP contribution >= 0.6 is 0 Å². The molecule has 0 fully saturated rings. The first-order valence-electron chi connectivity index (χ1n) is 15.5. The zero-order valence-corrected chi connectivity index (χ0v) is 26.4. The number of hydrazone groups is 2. The Balaban J connectivity index is 1.05. The van der Waals surface area contributed by atoms with Crippen molar-refractivity contribution in [2.24, 2.45) is 10.2 Å². The summed E-state index contributed by atoms with van der Waals surface area (Å²) in [5.74, 6) is -1.12. The first kappa shape index (κ1) is 33.0. The third kappa shape index (κ3) is 6.85. The van der Waals surface area contributed by atoms with Crippen molar-refractivity contribution >= 4 is 45.8 Å². The molecule has 0 aliphatic heterocycles. The summed E-state index contributed by atoms with van der Waals surface area (Å²) in [5.41, 5.74) is 4.37. The number of fused-ring (bicyclic) bond motifs is 2. The third-order valence-corrected chi connectivity index (χ3v) is 7.79. The number of rotatable bonds is 11. The van der Waals surface area contributed by atoms with Crippen LogP contribution in [0.4, 0.5) is 0 Å². The first-order chi connectivity index (χ1) is 24.3. The second-order valence-corrected chi connectivity index (χ2v) is 11.0. The summed E-state index contributed by atoms with van der Waals surface area (Å²) >= 11 is 0. The Morgan fingerprint density at radius 2 is 0.980 bits per heavy atom. The molecule has 0 aliphatic carbocycles. The maximum atomic E-state index is 13.1. The van der Waals surface area contributed by atoms with Crippen LogP contribution in [0.1, 0.15) is 36.8 Å². The quantitative estimate of drug-likeness (QED) is 0.0911. The molecule has 4 heterocycles. The predicted octanol–water partition coefficient (Wildman–Crippen LogP) is 3.66. The van der Waals surface area contributed by atoms with Gasteiger partial charge in [0.25, 0.3) is 11.1 Å². The molecule has 4 aromatic heterocycles. The van der Waals surface area contributed by atoms with E-state index in [1.807, 2.05) is 0 Å². The number of hydrogen-bond donors (Lipinski definition) is 4. The van der Waals surface area contributed by atoms with Gasteiger partial charge in [-0.05, 0) is 49.2 Å². The lowest BCUT2D eigenvalue weighted by atomic mass is 10.1. The van der Waals surface area contributed by atoms with Crippen molar-refractivity contribution in [1.29, 1.82) is 0 Å². The molecule has 250 valence electrons. The number of hydrogen-bond acceptors (Lipinski definition) is 10. The third-order valence-electron chi connectivity index (χ3n) is 7.79. The molecule has 0 saturated carbocycles. The number of nitrogens with one attached hydrogen (secondary N) is 2. The predicted molar refractivity (Wildman–Crippen MR) is 188 cm³/mol. The number of aromatic nitrogens is 4. The summed E-state index contributed by atoms with van der Waals surface area (Å²) < 4.78 is 2.15. The van der Waals surface area contributed by atoms with Crippen molar-refractivity contribution in [3.05, 3.63) is 129 Å². The lowest BCUT2D eigenvalue weighted by Crippen LogP contribution is -2.22. The molecule has 2 amide bonds. The fraction of sp³-hybridized carbons (Fsp3) is 0.111. The summed E-state index contributed by atoms with van der Waals surface area (Å²) in [6.07, 6.45) is 6.43. The van der Waals surface area contributed by atoms with Crippen LogP contribution in [0.3, 0.4) is 0 Å². The highest BCUT2D eigenvalue weighted by Crippen LogP contribution is 2.26. The van der Waals surface area contributed by atoms with Crippen molar-refractivity contribution in [3.63, 3.8) is 0 Å². The highest BCUT2D eigenvalue weighted by atomic mass is 16.3. The van der Waals surface area contributed by atoms with Gasteiger partial charge in [0.1, 0.15) is 11.6 Å². The molecule has 0 saturated heterocycles. The number of nitrogens with zero attached hydrogens (tertiary/aromatic N) is 6. The summed E-state index contributed by atoms with van der Waals surface area (Å²) in [4.78, 5) is 59.5. The number of pyridine rings is 4. The van der Waals surface area contributed by atoms with E-state index in [9.17, 15) is 29.4 Å². The van der Waals surface area contributed by atoms with Gasteiger partial charge in [0.05, 0.1) is 23.6 Å². The fourth-order valence-electron chi connectivity index (χ4n) is 5.40. The van der Waals surface area contributed by atoms with Crippen molar-refractivity contribution in [3.8, 4) is 23.4 Å². The summed E-state index contributed by atoms with van der Waals surface area (Å²) in [6.45, 7) is 0. The van der Waals surface area contributed by atoms with E-state index < -0.39 is 22.9 Å². The van der Waals surface area contributed by atoms with Crippen molar-refractivity contribution in [2.75, 3.05) is 0 Å². The van der Waals surface area contributed by atoms with E-state index in [4.69, 9.17) is 0 Å². The monoisotopic (exact) mass is 670 g/mol. The zero-order chi connectivity index (χ0) is 35.0. The topological polar surface area (TPSA) is 193 Å². The smallest absolute Gasteiger partial charge is 0.267 e. The minimum atomic E-state index is -0.453. The highest BCUT2D eigenvalue weighted by molar-refractivity contribution is 6.03. The van der Waals surface area contributed by atoms with Gasteiger partial charge in [0.2, 0.25) is 23.6 Å². The van der Waals surface area contributed by atoms with Crippen LogP contribution in [0.15, 0.2) is 117 Å². The molecular formula is C36H30N8O6. The Hall–Kier alpha value is -6.96. The average Bonchev–Trinajstić information content (AvgIpc) is 3.14. The minimum Gasteiger partial charge on any atom is -0.494 e. The molecule has 0 unspecified atom stereocenters. The number of unbranched alkanes of at least 4 members (excludes halogenated alkanes) is 1. The molecule has 0 spiro atoms. The summed E-state index contributed by atoms with van der Waals surface area (Å²) in [6, 6.07) is 23.4. The highest BCUT2D eigenvalue weighted by Gasteiger charge is 2.18. The van der Waals surface area contributed by atoms with Crippen LogP contribution in [0, 0.1) is 0 Å². The van der Waals surface area contributed by atoms with Gasteiger partial charge < -0.3 is 10.2 Å². The van der Waals surface area contributed by atoms with Gasteiger partial charge in [-0.15, -0.1) is 0 Å². The van der Waals surface area contributed by atoms with Gasteiger partial charge in [-0.1, -0.05) is 48.5 Å². The van der Waals surface area contributed by atoms with E-state index in [0.29, 0.717) is 34.4 Å². The minimum absolute atomic E-state index is 0.0724. The number of carbonyl (C=O) groups excluding carboxylic acids is 2. The molecule has 6 rings (SSSR count). The van der Waals surface area contributed by atoms with Crippen LogP contribution in [0.25, 0.3) is 33.2 Å². The Morgan fingerprint density at radius 1 is 0.600 bits per heavy atom. The number of benzene rings is 2. The van der Waals surface area contributed by atoms with Crippen molar-refractivity contribution < 1.29 is 19.8 Å². The zero-order valence-electron chi connectivity index (χ0n) is 26.4. The van der Waals surface area contributed by atoms with Gasteiger partial charge in [0, 0.05) is 46.8 Å². The molecule has 4 N–H and O–H groups in total. The maximum Gasteiger partial charge on any atom is 0.267 e. The van der Waals surface area contributed by atoms with E-state index in [-0.39, 0.29) is 47.4 Å². The standard InChI is InChI=1S/C36H30N8O6/c45-31(41-39-21-27-23-11-1-3-13-25(23)33(47)43(35(27)49)29-15-7-9-19-37-29)17-5-6-18-32(46)42-40-22-28-24-12-2-4-14-26(24)34(48)44(36(28)50)30-16-8-10-20-38-30/h1-4,7-16,19-22,49-50H,5-6,17-18H2,(H,41,45)(H,42,46). The molecule has 0 bridgehead atoms. The normalized spacial score (nSPS) is 11.4. The van der Waals surface area contributed by atoms with Gasteiger partial charge >= 0.3 is 0 Å². The second-order valence-electron chi connectivity index (χ2n) is 11.0. The lowest BCUT2D eigenvalue weighted by Gasteiger charge is -2.12. The molecular weight excluding hydrogens is 640 g/mol. The molecule has 0 radical (unpaired) electrons. The summed E-state index contributed by atoms with van der Waals surface area (Å²) in [7, 11) is 0. The van der Waals surface area contributed by atoms with Gasteiger partial charge in [-0.25, -0.2) is 30.0 Å². The fourth-order valence-corrected chi connectivity index (χ4v) is 5.40. The first-order valence-corrected chi connectivity index (χ1v) is 15.5. The molecule has 14 nitrogen and oxygen atoms in total. The van der Waals surface area contributed by atoms with E-state index in [0.717, 1.165) is 9.13 Å². The van der Waals surface area contributed by atoms with Crippen LogP contribution < -0.4 is 22.0 Å². The van der Waals surface area contributed by atoms with Crippen molar-refractivity contribution in [2.45, 2.75) is 25.7 Å². The van der Waals surface area contributed by atoms with E-state index >= 15 is 0 Å². The number of carbonyl (C=O) groups is 2. The maximum absolute atomic E-state index is 13.1. The molecule has 14 heteroatoms. The lowest BCUT2D eigenvalue weighted by molar-refractivity contribution is -0.123. The second kappa shape index (κ2) is 14.9.